The van der Waals surface area contributed by atoms with Crippen LogP contribution in [-0.4, -0.2) is 6.54 Å². The molecule has 1 N–H and O–H groups in total. The van der Waals surface area contributed by atoms with Crippen LogP contribution in [0, 0.1) is 0 Å². The van der Waals surface area contributed by atoms with E-state index >= 15 is 0 Å². The van der Waals surface area contributed by atoms with Crippen LogP contribution in [0.5, 0.6) is 0 Å². The quantitative estimate of drug-likeness (QED) is 0.709. The van der Waals surface area contributed by atoms with Crippen molar-refractivity contribution >= 4 is 31.9 Å². The zero-order chi connectivity index (χ0) is 12.0. The Bertz CT molecular complexity index is 326. The van der Waals surface area contributed by atoms with Gasteiger partial charge in [0.15, 0.2) is 0 Å². The highest BCUT2D eigenvalue weighted by molar-refractivity contribution is 9.11. The number of rotatable bonds is 6. The van der Waals surface area contributed by atoms with E-state index in [0.717, 1.165) is 15.5 Å². The summed E-state index contributed by atoms with van der Waals surface area (Å²) in [6.45, 7) is 5.53. The van der Waals surface area contributed by atoms with Crippen molar-refractivity contribution in [3.8, 4) is 0 Å². The summed E-state index contributed by atoms with van der Waals surface area (Å²) < 4.78 is 2.28. The molecule has 90 valence electrons. The highest BCUT2D eigenvalue weighted by Gasteiger charge is 2.08. The molecule has 0 heterocycles. The molecule has 0 aromatic heterocycles. The van der Waals surface area contributed by atoms with Gasteiger partial charge in [0.1, 0.15) is 0 Å². The lowest BCUT2D eigenvalue weighted by Crippen LogP contribution is -2.20. The first-order valence-electron chi connectivity index (χ1n) is 5.83. The molecule has 0 aliphatic carbocycles. The summed E-state index contributed by atoms with van der Waals surface area (Å²) in [5.41, 5.74) is 1.32. The number of nitrogens with one attached hydrogen (secondary N) is 1. The van der Waals surface area contributed by atoms with Crippen LogP contribution >= 0.6 is 31.9 Å². The van der Waals surface area contributed by atoms with Crippen molar-refractivity contribution < 1.29 is 0 Å². The molecular weight excluding hydrogens is 330 g/mol. The van der Waals surface area contributed by atoms with Gasteiger partial charge < -0.3 is 5.32 Å². The summed E-state index contributed by atoms with van der Waals surface area (Å²) in [5, 5.41) is 3.55. The Labute approximate surface area is 115 Å². The molecule has 1 atom stereocenters. The average molecular weight is 349 g/mol. The lowest BCUT2D eigenvalue weighted by Gasteiger charge is -2.16. The Kier molecular flexibility index (Phi) is 6.62. The monoisotopic (exact) mass is 347 g/mol. The highest BCUT2D eigenvalue weighted by Crippen LogP contribution is 2.26. The third-order valence-corrected chi connectivity index (χ3v) is 3.84. The summed E-state index contributed by atoms with van der Waals surface area (Å²) in [7, 11) is 0. The number of hydrogen-bond donors (Lipinski definition) is 1. The zero-order valence-corrected chi connectivity index (χ0v) is 13.1. The molecule has 3 heteroatoms. The van der Waals surface area contributed by atoms with Crippen LogP contribution < -0.4 is 5.32 Å². The third kappa shape index (κ3) is 4.56. The smallest absolute Gasteiger partial charge is 0.0302 e. The molecule has 0 radical (unpaired) electrons. The van der Waals surface area contributed by atoms with E-state index in [2.05, 4.69) is 69.2 Å². The second kappa shape index (κ2) is 7.46. The normalized spacial score (nSPS) is 12.8. The Morgan fingerprint density at radius 3 is 2.62 bits per heavy atom. The fraction of sp³-hybridized carbons (Fsp3) is 0.538. The summed E-state index contributed by atoms with van der Waals surface area (Å²) in [6.07, 6.45) is 3.84. The Balaban J connectivity index is 2.49. The standard InChI is InChI=1S/C13H19Br2N/c1-3-4-5-8-16-10(2)12-7-6-11(14)9-13(12)15/h6-7,9-10,16H,3-5,8H2,1-2H3. The van der Waals surface area contributed by atoms with Crippen molar-refractivity contribution in [2.45, 2.75) is 39.2 Å². The minimum atomic E-state index is 0.402. The van der Waals surface area contributed by atoms with Crippen LogP contribution in [-0.2, 0) is 0 Å². The van der Waals surface area contributed by atoms with Gasteiger partial charge in [-0.25, -0.2) is 0 Å². The van der Waals surface area contributed by atoms with Gasteiger partial charge in [-0.15, -0.1) is 0 Å². The van der Waals surface area contributed by atoms with Crippen LogP contribution in [0.25, 0.3) is 0 Å². The molecule has 0 aliphatic rings. The van der Waals surface area contributed by atoms with Crippen LogP contribution in [0.15, 0.2) is 27.1 Å². The van der Waals surface area contributed by atoms with Gasteiger partial charge in [-0.1, -0.05) is 57.7 Å². The maximum Gasteiger partial charge on any atom is 0.0302 e. The highest BCUT2D eigenvalue weighted by atomic mass is 79.9. The first kappa shape index (κ1) is 14.2. The minimum Gasteiger partial charge on any atom is -0.310 e. The molecule has 0 amide bonds. The number of benzene rings is 1. The van der Waals surface area contributed by atoms with Gasteiger partial charge >= 0.3 is 0 Å². The molecular formula is C13H19Br2N. The van der Waals surface area contributed by atoms with Gasteiger partial charge in [0.05, 0.1) is 0 Å². The van der Waals surface area contributed by atoms with E-state index in [4.69, 9.17) is 0 Å². The van der Waals surface area contributed by atoms with Crippen LogP contribution in [0.3, 0.4) is 0 Å². The van der Waals surface area contributed by atoms with Crippen molar-refractivity contribution in [2.75, 3.05) is 6.54 Å². The molecule has 1 unspecified atom stereocenters. The molecule has 0 aliphatic heterocycles. The van der Waals surface area contributed by atoms with Gasteiger partial charge in [0.25, 0.3) is 0 Å². The third-order valence-electron chi connectivity index (χ3n) is 2.66. The number of halogens is 2. The summed E-state index contributed by atoms with van der Waals surface area (Å²) in [6, 6.07) is 6.74. The summed E-state index contributed by atoms with van der Waals surface area (Å²) in [4.78, 5) is 0. The number of hydrogen-bond acceptors (Lipinski definition) is 1. The van der Waals surface area contributed by atoms with E-state index in [9.17, 15) is 0 Å². The van der Waals surface area contributed by atoms with E-state index in [0.29, 0.717) is 6.04 Å². The Hall–Kier alpha value is 0.140. The van der Waals surface area contributed by atoms with Crippen molar-refractivity contribution in [1.82, 2.24) is 5.32 Å². The van der Waals surface area contributed by atoms with Crippen molar-refractivity contribution in [2.24, 2.45) is 0 Å². The molecule has 0 spiro atoms. The van der Waals surface area contributed by atoms with Gasteiger partial charge in [-0.05, 0) is 37.6 Å². The van der Waals surface area contributed by atoms with Crippen LogP contribution in [0.1, 0.15) is 44.7 Å². The van der Waals surface area contributed by atoms with E-state index < -0.39 is 0 Å². The van der Waals surface area contributed by atoms with Crippen molar-refractivity contribution in [1.29, 1.82) is 0 Å². The van der Waals surface area contributed by atoms with E-state index in [1.807, 2.05) is 0 Å². The molecule has 0 fully saturated rings. The molecule has 1 rings (SSSR count). The summed E-state index contributed by atoms with van der Waals surface area (Å²) >= 11 is 7.07. The first-order valence-corrected chi connectivity index (χ1v) is 7.42. The van der Waals surface area contributed by atoms with Crippen molar-refractivity contribution in [3.63, 3.8) is 0 Å². The van der Waals surface area contributed by atoms with E-state index in [1.165, 1.54) is 24.8 Å². The van der Waals surface area contributed by atoms with Crippen LogP contribution in [0.4, 0.5) is 0 Å². The zero-order valence-electron chi connectivity index (χ0n) is 9.89. The topological polar surface area (TPSA) is 12.0 Å². The largest absolute Gasteiger partial charge is 0.310 e. The predicted molar refractivity (Wildman–Crippen MR) is 77.8 cm³/mol. The predicted octanol–water partition coefficient (Wildman–Crippen LogP) is 5.05. The van der Waals surface area contributed by atoms with E-state index in [-0.39, 0.29) is 0 Å². The molecule has 0 bridgehead atoms. The van der Waals surface area contributed by atoms with Gasteiger partial charge in [0, 0.05) is 15.0 Å². The van der Waals surface area contributed by atoms with Gasteiger partial charge in [0.2, 0.25) is 0 Å². The van der Waals surface area contributed by atoms with Crippen LogP contribution in [0.2, 0.25) is 0 Å². The fourth-order valence-corrected chi connectivity index (χ4v) is 3.05. The number of unbranched alkanes of at least 4 members (excludes halogenated alkanes) is 2. The maximum atomic E-state index is 3.60. The lowest BCUT2D eigenvalue weighted by atomic mass is 10.1. The first-order chi connectivity index (χ1) is 7.65. The molecule has 16 heavy (non-hydrogen) atoms. The fourth-order valence-electron chi connectivity index (χ4n) is 1.66. The Morgan fingerprint density at radius 2 is 2.00 bits per heavy atom. The van der Waals surface area contributed by atoms with Gasteiger partial charge in [-0.2, -0.15) is 0 Å². The molecule has 0 saturated carbocycles. The maximum absolute atomic E-state index is 3.60. The lowest BCUT2D eigenvalue weighted by molar-refractivity contribution is 0.542. The molecule has 0 saturated heterocycles. The second-order valence-electron chi connectivity index (χ2n) is 4.05. The minimum absolute atomic E-state index is 0.402. The van der Waals surface area contributed by atoms with E-state index in [1.54, 1.807) is 0 Å². The SMILES string of the molecule is CCCCCNC(C)c1ccc(Br)cc1Br. The molecule has 1 aromatic carbocycles. The van der Waals surface area contributed by atoms with Crippen molar-refractivity contribution in [3.05, 3.63) is 32.7 Å². The molecule has 1 aromatic rings. The average Bonchev–Trinajstić information content (AvgIpc) is 2.24. The van der Waals surface area contributed by atoms with Gasteiger partial charge in [-0.3, -0.25) is 0 Å². The summed E-state index contributed by atoms with van der Waals surface area (Å²) in [5.74, 6) is 0. The Morgan fingerprint density at radius 1 is 1.25 bits per heavy atom. The second-order valence-corrected chi connectivity index (χ2v) is 5.82. The molecule has 1 nitrogen and oxygen atoms in total.